The standard InChI is InChI=1S/C13H19FN2O/c1-3-7-11(15)13(17)16(4-2)12-9-6-5-8-10(12)14/h5-6,8-9,11H,3-4,7,15H2,1-2H3/t11-/m0/s1. The van der Waals surface area contributed by atoms with Crippen LogP contribution in [0.1, 0.15) is 26.7 Å². The Hall–Kier alpha value is -1.42. The molecule has 0 unspecified atom stereocenters. The van der Waals surface area contributed by atoms with Crippen molar-refractivity contribution in [1.29, 1.82) is 0 Å². The molecule has 0 radical (unpaired) electrons. The zero-order chi connectivity index (χ0) is 12.8. The fourth-order valence-corrected chi connectivity index (χ4v) is 1.75. The number of carbonyl (C=O) groups is 1. The molecule has 1 atom stereocenters. The molecule has 4 heteroatoms. The van der Waals surface area contributed by atoms with Crippen LogP contribution in [0.2, 0.25) is 0 Å². The monoisotopic (exact) mass is 238 g/mol. The first-order valence-corrected chi connectivity index (χ1v) is 5.93. The van der Waals surface area contributed by atoms with Crippen molar-refractivity contribution in [1.82, 2.24) is 0 Å². The number of nitrogens with two attached hydrogens (primary N) is 1. The Kier molecular flexibility index (Phi) is 5.10. The molecule has 0 saturated heterocycles. The Morgan fingerprint density at radius 2 is 2.06 bits per heavy atom. The summed E-state index contributed by atoms with van der Waals surface area (Å²) in [5.41, 5.74) is 6.08. The summed E-state index contributed by atoms with van der Waals surface area (Å²) >= 11 is 0. The molecule has 0 aliphatic carbocycles. The minimum absolute atomic E-state index is 0.223. The number of hydrogen-bond donors (Lipinski definition) is 1. The number of rotatable bonds is 5. The smallest absolute Gasteiger partial charge is 0.243 e. The van der Waals surface area contributed by atoms with E-state index in [9.17, 15) is 9.18 Å². The molecule has 1 aromatic carbocycles. The number of hydrogen-bond acceptors (Lipinski definition) is 2. The van der Waals surface area contributed by atoms with Gasteiger partial charge in [0.1, 0.15) is 5.82 Å². The Morgan fingerprint density at radius 3 is 2.59 bits per heavy atom. The fourth-order valence-electron chi connectivity index (χ4n) is 1.75. The quantitative estimate of drug-likeness (QED) is 0.855. The van der Waals surface area contributed by atoms with Crippen molar-refractivity contribution < 1.29 is 9.18 Å². The van der Waals surface area contributed by atoms with Crippen LogP contribution in [0.15, 0.2) is 24.3 Å². The molecule has 17 heavy (non-hydrogen) atoms. The van der Waals surface area contributed by atoms with Crippen LogP contribution in [0, 0.1) is 5.82 Å². The maximum Gasteiger partial charge on any atom is 0.243 e. The molecule has 0 aliphatic rings. The molecule has 0 aromatic heterocycles. The molecule has 0 saturated carbocycles. The van der Waals surface area contributed by atoms with E-state index in [0.717, 1.165) is 6.42 Å². The van der Waals surface area contributed by atoms with E-state index in [-0.39, 0.29) is 5.91 Å². The summed E-state index contributed by atoms with van der Waals surface area (Å²) in [5.74, 6) is -0.620. The van der Waals surface area contributed by atoms with Crippen molar-refractivity contribution in [3.05, 3.63) is 30.1 Å². The molecular formula is C13H19FN2O. The van der Waals surface area contributed by atoms with Gasteiger partial charge in [-0.3, -0.25) is 4.79 Å². The van der Waals surface area contributed by atoms with Gasteiger partial charge in [0.2, 0.25) is 5.91 Å². The molecule has 1 aromatic rings. The maximum absolute atomic E-state index is 13.6. The summed E-state index contributed by atoms with van der Waals surface area (Å²) in [7, 11) is 0. The third-order valence-electron chi connectivity index (χ3n) is 2.64. The summed E-state index contributed by atoms with van der Waals surface area (Å²) in [6.45, 7) is 4.19. The molecule has 3 nitrogen and oxygen atoms in total. The zero-order valence-electron chi connectivity index (χ0n) is 10.3. The van der Waals surface area contributed by atoms with E-state index in [0.29, 0.717) is 18.7 Å². The van der Waals surface area contributed by atoms with Gasteiger partial charge in [-0.05, 0) is 25.5 Å². The van der Waals surface area contributed by atoms with Gasteiger partial charge in [-0.1, -0.05) is 25.5 Å². The Labute approximate surface area is 101 Å². The Bertz CT molecular complexity index is 381. The second-order valence-electron chi connectivity index (χ2n) is 3.93. The zero-order valence-corrected chi connectivity index (χ0v) is 10.3. The van der Waals surface area contributed by atoms with Crippen LogP contribution >= 0.6 is 0 Å². The number of amides is 1. The van der Waals surface area contributed by atoms with Crippen molar-refractivity contribution in [3.63, 3.8) is 0 Å². The van der Waals surface area contributed by atoms with Crippen LogP contribution in [-0.4, -0.2) is 18.5 Å². The summed E-state index contributed by atoms with van der Waals surface area (Å²) in [5, 5.41) is 0. The van der Waals surface area contributed by atoms with Crippen LogP contribution in [0.25, 0.3) is 0 Å². The van der Waals surface area contributed by atoms with Gasteiger partial charge in [0.05, 0.1) is 11.7 Å². The molecule has 0 bridgehead atoms. The van der Waals surface area contributed by atoms with Crippen molar-refractivity contribution in [2.24, 2.45) is 5.73 Å². The highest BCUT2D eigenvalue weighted by atomic mass is 19.1. The number of carbonyl (C=O) groups excluding carboxylic acids is 1. The van der Waals surface area contributed by atoms with Crippen molar-refractivity contribution in [2.75, 3.05) is 11.4 Å². The van der Waals surface area contributed by atoms with E-state index < -0.39 is 11.9 Å². The molecule has 0 heterocycles. The minimum atomic E-state index is -0.556. The molecule has 1 amide bonds. The predicted octanol–water partition coefficient (Wildman–Crippen LogP) is 2.31. The molecular weight excluding hydrogens is 219 g/mol. The number of halogens is 1. The van der Waals surface area contributed by atoms with Gasteiger partial charge in [0.25, 0.3) is 0 Å². The third-order valence-corrected chi connectivity index (χ3v) is 2.64. The van der Waals surface area contributed by atoms with Crippen molar-refractivity contribution in [3.8, 4) is 0 Å². The van der Waals surface area contributed by atoms with E-state index in [2.05, 4.69) is 0 Å². The molecule has 0 fully saturated rings. The number of nitrogens with zero attached hydrogens (tertiary/aromatic N) is 1. The van der Waals surface area contributed by atoms with E-state index in [1.54, 1.807) is 18.2 Å². The third kappa shape index (κ3) is 3.27. The predicted molar refractivity (Wildman–Crippen MR) is 67.3 cm³/mol. The van der Waals surface area contributed by atoms with Crippen LogP contribution in [0.3, 0.4) is 0 Å². The van der Waals surface area contributed by atoms with Gasteiger partial charge in [0, 0.05) is 6.54 Å². The lowest BCUT2D eigenvalue weighted by atomic mass is 10.1. The van der Waals surface area contributed by atoms with Crippen LogP contribution in [0.4, 0.5) is 10.1 Å². The average Bonchev–Trinajstić information content (AvgIpc) is 2.32. The van der Waals surface area contributed by atoms with Crippen molar-refractivity contribution >= 4 is 11.6 Å². The highest BCUT2D eigenvalue weighted by Gasteiger charge is 2.22. The molecule has 2 N–H and O–H groups in total. The lowest BCUT2D eigenvalue weighted by Crippen LogP contribution is -2.44. The number of anilines is 1. The summed E-state index contributed by atoms with van der Waals surface area (Å²) in [4.78, 5) is 13.4. The van der Waals surface area contributed by atoms with E-state index in [4.69, 9.17) is 5.73 Å². The second kappa shape index (κ2) is 6.35. The minimum Gasteiger partial charge on any atom is -0.320 e. The van der Waals surface area contributed by atoms with E-state index >= 15 is 0 Å². The summed E-state index contributed by atoms with van der Waals surface area (Å²) < 4.78 is 13.6. The first kappa shape index (κ1) is 13.6. The fraction of sp³-hybridized carbons (Fsp3) is 0.462. The topological polar surface area (TPSA) is 46.3 Å². The molecule has 94 valence electrons. The summed E-state index contributed by atoms with van der Waals surface area (Å²) in [6.07, 6.45) is 1.45. The number of likely N-dealkylation sites (N-methyl/N-ethyl adjacent to an activating group) is 1. The van der Waals surface area contributed by atoms with Gasteiger partial charge in [-0.2, -0.15) is 0 Å². The summed E-state index contributed by atoms with van der Waals surface area (Å²) in [6, 6.07) is 5.69. The van der Waals surface area contributed by atoms with Gasteiger partial charge >= 0.3 is 0 Å². The van der Waals surface area contributed by atoms with Crippen LogP contribution in [0.5, 0.6) is 0 Å². The number of para-hydroxylation sites is 1. The van der Waals surface area contributed by atoms with Crippen molar-refractivity contribution in [2.45, 2.75) is 32.7 Å². The first-order valence-electron chi connectivity index (χ1n) is 5.93. The lowest BCUT2D eigenvalue weighted by Gasteiger charge is -2.24. The second-order valence-corrected chi connectivity index (χ2v) is 3.93. The largest absolute Gasteiger partial charge is 0.320 e. The number of benzene rings is 1. The van der Waals surface area contributed by atoms with Crippen LogP contribution in [-0.2, 0) is 4.79 Å². The lowest BCUT2D eigenvalue weighted by molar-refractivity contribution is -0.120. The van der Waals surface area contributed by atoms with Crippen LogP contribution < -0.4 is 10.6 Å². The van der Waals surface area contributed by atoms with Gasteiger partial charge in [-0.25, -0.2) is 4.39 Å². The Morgan fingerprint density at radius 1 is 1.41 bits per heavy atom. The highest BCUT2D eigenvalue weighted by molar-refractivity contribution is 5.97. The highest BCUT2D eigenvalue weighted by Crippen LogP contribution is 2.19. The molecule has 0 spiro atoms. The molecule has 0 aliphatic heterocycles. The van der Waals surface area contributed by atoms with E-state index in [1.807, 2.05) is 13.8 Å². The van der Waals surface area contributed by atoms with Gasteiger partial charge in [0.15, 0.2) is 0 Å². The maximum atomic E-state index is 13.6. The molecule has 1 rings (SSSR count). The Balaban J connectivity index is 2.92. The van der Waals surface area contributed by atoms with Gasteiger partial charge < -0.3 is 10.6 Å². The normalized spacial score (nSPS) is 12.2. The van der Waals surface area contributed by atoms with E-state index in [1.165, 1.54) is 11.0 Å². The first-order chi connectivity index (χ1) is 8.11. The van der Waals surface area contributed by atoms with Gasteiger partial charge in [-0.15, -0.1) is 0 Å². The average molecular weight is 238 g/mol. The SMILES string of the molecule is CCC[C@H](N)C(=O)N(CC)c1ccccc1F.